The van der Waals surface area contributed by atoms with Gasteiger partial charge in [-0.05, 0) is 43.5 Å². The summed E-state index contributed by atoms with van der Waals surface area (Å²) in [6.07, 6.45) is 2.09. The summed E-state index contributed by atoms with van der Waals surface area (Å²) in [5.41, 5.74) is 7.81. The molecule has 1 aliphatic heterocycles. The third-order valence-corrected chi connectivity index (χ3v) is 3.14. The molecular formula is C14H16N4O. The summed E-state index contributed by atoms with van der Waals surface area (Å²) in [5.74, 6) is 2.97. The first-order valence-electron chi connectivity index (χ1n) is 6.44. The van der Waals surface area contributed by atoms with Gasteiger partial charge >= 0.3 is 0 Å². The zero-order valence-corrected chi connectivity index (χ0v) is 10.9. The Morgan fingerprint density at radius 2 is 2.16 bits per heavy atom. The first kappa shape index (κ1) is 12.0. The molecule has 0 fully saturated rings. The number of hydrogen-bond donors (Lipinski definition) is 1. The van der Waals surface area contributed by atoms with Gasteiger partial charge in [0.2, 0.25) is 0 Å². The average molecular weight is 256 g/mol. The van der Waals surface area contributed by atoms with Crippen molar-refractivity contribution in [3.05, 3.63) is 35.4 Å². The molecule has 2 N–H and O–H groups in total. The molecule has 3 rings (SSSR count). The van der Waals surface area contributed by atoms with Gasteiger partial charge in [-0.1, -0.05) is 0 Å². The van der Waals surface area contributed by atoms with E-state index < -0.39 is 0 Å². The molecule has 0 saturated carbocycles. The molecule has 2 heterocycles. The SMILES string of the molecule is Cc1nc(CN)nc(-c2ccc3c(c2)CCCO3)n1. The predicted molar refractivity (Wildman–Crippen MR) is 71.7 cm³/mol. The molecule has 1 aliphatic rings. The first-order valence-corrected chi connectivity index (χ1v) is 6.44. The lowest BCUT2D eigenvalue weighted by Gasteiger charge is -2.17. The van der Waals surface area contributed by atoms with Gasteiger partial charge in [0.1, 0.15) is 17.4 Å². The smallest absolute Gasteiger partial charge is 0.163 e. The minimum atomic E-state index is 0.324. The number of ether oxygens (including phenoxy) is 1. The maximum atomic E-state index is 5.61. The van der Waals surface area contributed by atoms with Gasteiger partial charge < -0.3 is 10.5 Å². The van der Waals surface area contributed by atoms with Crippen LogP contribution in [0.5, 0.6) is 5.75 Å². The zero-order valence-electron chi connectivity index (χ0n) is 10.9. The monoisotopic (exact) mass is 256 g/mol. The Kier molecular flexibility index (Phi) is 3.13. The van der Waals surface area contributed by atoms with Crippen LogP contribution in [-0.2, 0) is 13.0 Å². The highest BCUT2D eigenvalue weighted by atomic mass is 16.5. The summed E-state index contributed by atoms with van der Waals surface area (Å²) in [6, 6.07) is 6.08. The van der Waals surface area contributed by atoms with Crippen LogP contribution in [0.3, 0.4) is 0 Å². The molecule has 0 radical (unpaired) electrons. The van der Waals surface area contributed by atoms with Crippen LogP contribution >= 0.6 is 0 Å². The summed E-state index contributed by atoms with van der Waals surface area (Å²) in [6.45, 7) is 2.98. The number of aromatic nitrogens is 3. The molecular weight excluding hydrogens is 240 g/mol. The van der Waals surface area contributed by atoms with Crippen LogP contribution < -0.4 is 10.5 Å². The van der Waals surface area contributed by atoms with Crippen molar-refractivity contribution >= 4 is 0 Å². The molecule has 1 aromatic carbocycles. The minimum Gasteiger partial charge on any atom is -0.493 e. The summed E-state index contributed by atoms with van der Waals surface area (Å²) >= 11 is 0. The largest absolute Gasteiger partial charge is 0.493 e. The quantitative estimate of drug-likeness (QED) is 0.884. The highest BCUT2D eigenvalue weighted by Gasteiger charge is 2.13. The Morgan fingerprint density at radius 3 is 3.00 bits per heavy atom. The van der Waals surface area contributed by atoms with Crippen molar-refractivity contribution in [1.29, 1.82) is 0 Å². The van der Waals surface area contributed by atoms with Gasteiger partial charge in [0, 0.05) is 5.56 Å². The van der Waals surface area contributed by atoms with Crippen molar-refractivity contribution in [3.63, 3.8) is 0 Å². The van der Waals surface area contributed by atoms with Crippen molar-refractivity contribution < 1.29 is 4.74 Å². The lowest BCUT2D eigenvalue weighted by atomic mass is 10.0. The maximum Gasteiger partial charge on any atom is 0.163 e. The van der Waals surface area contributed by atoms with E-state index in [1.165, 1.54) is 5.56 Å². The fraction of sp³-hybridized carbons (Fsp3) is 0.357. The highest BCUT2D eigenvalue weighted by Crippen LogP contribution is 2.28. The van der Waals surface area contributed by atoms with Crippen molar-refractivity contribution in [1.82, 2.24) is 15.0 Å². The Morgan fingerprint density at radius 1 is 1.26 bits per heavy atom. The van der Waals surface area contributed by atoms with Crippen LogP contribution in [0, 0.1) is 6.92 Å². The number of nitrogens with zero attached hydrogens (tertiary/aromatic N) is 3. The van der Waals surface area contributed by atoms with E-state index >= 15 is 0 Å². The van der Waals surface area contributed by atoms with E-state index in [2.05, 4.69) is 21.0 Å². The molecule has 0 bridgehead atoms. The number of rotatable bonds is 2. The van der Waals surface area contributed by atoms with E-state index in [9.17, 15) is 0 Å². The van der Waals surface area contributed by atoms with Gasteiger partial charge in [-0.2, -0.15) is 0 Å². The molecule has 1 aromatic heterocycles. The van der Waals surface area contributed by atoms with E-state index in [4.69, 9.17) is 10.5 Å². The van der Waals surface area contributed by atoms with E-state index in [1.807, 2.05) is 19.1 Å². The topological polar surface area (TPSA) is 73.9 Å². The molecule has 0 atom stereocenters. The molecule has 0 spiro atoms. The van der Waals surface area contributed by atoms with E-state index in [1.54, 1.807) is 0 Å². The lowest BCUT2D eigenvalue weighted by molar-refractivity contribution is 0.288. The summed E-state index contributed by atoms with van der Waals surface area (Å²) < 4.78 is 5.61. The van der Waals surface area contributed by atoms with Crippen molar-refractivity contribution in [2.45, 2.75) is 26.3 Å². The van der Waals surface area contributed by atoms with E-state index in [0.29, 0.717) is 24.0 Å². The van der Waals surface area contributed by atoms with Crippen molar-refractivity contribution in [3.8, 4) is 17.1 Å². The second kappa shape index (κ2) is 4.93. The Balaban J connectivity index is 2.04. The molecule has 0 aliphatic carbocycles. The van der Waals surface area contributed by atoms with Gasteiger partial charge in [-0.15, -0.1) is 0 Å². The van der Waals surface area contributed by atoms with Crippen LogP contribution in [0.25, 0.3) is 11.4 Å². The standard InChI is InChI=1S/C14H16N4O/c1-9-16-13(8-15)18-14(17-9)11-4-5-12-10(7-11)3-2-6-19-12/h4-5,7H,2-3,6,8,15H2,1H3. The fourth-order valence-electron chi connectivity index (χ4n) is 2.26. The number of nitrogens with two attached hydrogens (primary N) is 1. The van der Waals surface area contributed by atoms with Gasteiger partial charge in [-0.3, -0.25) is 0 Å². The van der Waals surface area contributed by atoms with Crippen LogP contribution in [-0.4, -0.2) is 21.6 Å². The normalized spacial score (nSPS) is 13.8. The Labute approximate surface area is 111 Å². The van der Waals surface area contributed by atoms with Gasteiger partial charge in [0.05, 0.1) is 13.2 Å². The third-order valence-electron chi connectivity index (χ3n) is 3.14. The number of fused-ring (bicyclic) bond motifs is 1. The summed E-state index contributed by atoms with van der Waals surface area (Å²) in [4.78, 5) is 13.0. The number of hydrogen-bond acceptors (Lipinski definition) is 5. The maximum absolute atomic E-state index is 5.61. The predicted octanol–water partition coefficient (Wildman–Crippen LogP) is 1.63. The van der Waals surface area contributed by atoms with Gasteiger partial charge in [0.25, 0.3) is 0 Å². The van der Waals surface area contributed by atoms with Crippen molar-refractivity contribution in [2.24, 2.45) is 5.73 Å². The Hall–Kier alpha value is -2.01. The fourth-order valence-corrected chi connectivity index (χ4v) is 2.26. The second-order valence-electron chi connectivity index (χ2n) is 4.60. The average Bonchev–Trinajstić information content (AvgIpc) is 2.46. The van der Waals surface area contributed by atoms with Crippen LogP contribution in [0.4, 0.5) is 0 Å². The van der Waals surface area contributed by atoms with E-state index in [-0.39, 0.29) is 0 Å². The third kappa shape index (κ3) is 2.42. The summed E-state index contributed by atoms with van der Waals surface area (Å²) in [5, 5.41) is 0. The van der Waals surface area contributed by atoms with E-state index in [0.717, 1.165) is 30.8 Å². The van der Waals surface area contributed by atoms with Crippen LogP contribution in [0.1, 0.15) is 23.6 Å². The second-order valence-corrected chi connectivity index (χ2v) is 4.60. The molecule has 5 heteroatoms. The molecule has 0 unspecified atom stereocenters. The highest BCUT2D eigenvalue weighted by molar-refractivity contribution is 5.59. The minimum absolute atomic E-state index is 0.324. The molecule has 0 saturated heterocycles. The number of aryl methyl sites for hydroxylation is 2. The zero-order chi connectivity index (χ0) is 13.2. The van der Waals surface area contributed by atoms with Gasteiger partial charge in [0.15, 0.2) is 5.82 Å². The summed E-state index contributed by atoms with van der Waals surface area (Å²) in [7, 11) is 0. The van der Waals surface area contributed by atoms with Crippen LogP contribution in [0.2, 0.25) is 0 Å². The molecule has 98 valence electrons. The lowest BCUT2D eigenvalue weighted by Crippen LogP contribution is -2.09. The Bertz CT molecular complexity index is 612. The van der Waals surface area contributed by atoms with Crippen LogP contribution in [0.15, 0.2) is 18.2 Å². The molecule has 5 nitrogen and oxygen atoms in total. The molecule has 0 amide bonds. The first-order chi connectivity index (χ1) is 9.26. The van der Waals surface area contributed by atoms with Crippen molar-refractivity contribution in [2.75, 3.05) is 6.61 Å². The van der Waals surface area contributed by atoms with Gasteiger partial charge in [-0.25, -0.2) is 15.0 Å². The number of benzene rings is 1. The molecule has 19 heavy (non-hydrogen) atoms. The molecule has 2 aromatic rings.